The number of nitrogens with zero attached hydrogens (tertiary/aromatic N) is 4. The minimum Gasteiger partial charge on any atom is -0.451 e. The Labute approximate surface area is 191 Å². The van der Waals surface area contributed by atoms with Crippen molar-refractivity contribution in [3.8, 4) is 17.3 Å². The van der Waals surface area contributed by atoms with Gasteiger partial charge in [0.15, 0.2) is 5.65 Å². The number of fused-ring (bicyclic) bond motifs is 1. The second kappa shape index (κ2) is 10.9. The van der Waals surface area contributed by atoms with Crippen molar-refractivity contribution >= 4 is 17.4 Å². The number of pyridine rings is 1. The van der Waals surface area contributed by atoms with Crippen LogP contribution in [-0.4, -0.2) is 26.8 Å². The molecule has 2 aromatic heterocycles. The third kappa shape index (κ3) is 5.54. The Morgan fingerprint density at radius 2 is 2.03 bits per heavy atom. The van der Waals surface area contributed by atoms with Gasteiger partial charge in [-0.1, -0.05) is 6.07 Å². The first-order chi connectivity index (χ1) is 13.0. The van der Waals surface area contributed by atoms with Gasteiger partial charge in [-0.15, -0.1) is 12.8 Å². The normalized spacial score (nSPS) is 10.0. The van der Waals surface area contributed by atoms with Crippen molar-refractivity contribution < 1.29 is 43.5 Å². The molecule has 0 bridgehead atoms. The summed E-state index contributed by atoms with van der Waals surface area (Å²) in [6.45, 7) is 7.40. The first-order valence-corrected chi connectivity index (χ1v) is 8.15. The fourth-order valence-electron chi connectivity index (χ4n) is 2.53. The molecule has 3 aromatic rings. The number of ether oxygens (including phenoxy) is 1. The van der Waals surface area contributed by atoms with Crippen LogP contribution in [0.2, 0.25) is 0 Å². The van der Waals surface area contributed by atoms with Gasteiger partial charge >= 0.3 is 35.7 Å². The molecule has 1 aromatic carbocycles. The third-order valence-electron chi connectivity index (χ3n) is 3.93. The van der Waals surface area contributed by atoms with Crippen molar-refractivity contribution in [2.24, 2.45) is 0 Å². The summed E-state index contributed by atoms with van der Waals surface area (Å²) in [6, 6.07) is 9.23. The maximum atomic E-state index is 14.0. The number of nitrogens with one attached hydrogen (secondary N) is 1. The van der Waals surface area contributed by atoms with Crippen molar-refractivity contribution in [1.29, 1.82) is 5.26 Å². The van der Waals surface area contributed by atoms with Crippen molar-refractivity contribution in [3.63, 3.8) is 0 Å². The van der Waals surface area contributed by atoms with Crippen molar-refractivity contribution in [2.45, 2.75) is 18.9 Å². The van der Waals surface area contributed by atoms with Crippen LogP contribution in [0.25, 0.3) is 16.9 Å². The summed E-state index contributed by atoms with van der Waals surface area (Å²) in [5, 5.41) is 15.6. The minimum atomic E-state index is -0.645. The van der Waals surface area contributed by atoms with Crippen LogP contribution in [0.5, 0.6) is 0 Å². The van der Waals surface area contributed by atoms with E-state index in [2.05, 4.69) is 29.2 Å². The number of carbonyl (C=O) groups excluding carboxylic acids is 1. The molecule has 0 saturated heterocycles. The van der Waals surface area contributed by atoms with E-state index in [-0.39, 0.29) is 48.7 Å². The summed E-state index contributed by atoms with van der Waals surface area (Å²) in [7, 11) is 0. The van der Waals surface area contributed by atoms with Crippen LogP contribution >= 0.6 is 0 Å². The first-order valence-electron chi connectivity index (χ1n) is 8.15. The van der Waals surface area contributed by atoms with E-state index in [1.165, 1.54) is 23.0 Å². The van der Waals surface area contributed by atoms with Gasteiger partial charge in [-0.05, 0) is 18.2 Å². The predicted octanol–water partition coefficient (Wildman–Crippen LogP) is 1.23. The van der Waals surface area contributed by atoms with Crippen LogP contribution in [0.3, 0.4) is 0 Å². The number of benzene rings is 1. The maximum absolute atomic E-state index is 14.0. The molecule has 0 aliphatic heterocycles. The predicted molar refractivity (Wildman–Crippen MR) is 103 cm³/mol. The van der Waals surface area contributed by atoms with Gasteiger partial charge < -0.3 is 26.0 Å². The summed E-state index contributed by atoms with van der Waals surface area (Å²) in [4.78, 5) is 16.2. The number of hydrogen-bond acceptors (Lipinski definition) is 5. The summed E-state index contributed by atoms with van der Waals surface area (Å²) >= 11 is 0. The van der Waals surface area contributed by atoms with Gasteiger partial charge in [0.2, 0.25) is 0 Å². The summed E-state index contributed by atoms with van der Waals surface area (Å²) in [5.74, 6) is -0.644. The Morgan fingerprint density at radius 3 is 2.66 bits per heavy atom. The van der Waals surface area contributed by atoms with E-state index < -0.39 is 11.9 Å². The van der Waals surface area contributed by atoms with E-state index in [4.69, 9.17) is 10.00 Å². The summed E-state index contributed by atoms with van der Waals surface area (Å²) < 4.78 is 20.8. The van der Waals surface area contributed by atoms with Crippen LogP contribution in [0.4, 0.5) is 14.9 Å². The number of nitriles is 1. The van der Waals surface area contributed by atoms with E-state index in [1.807, 2.05) is 0 Å². The van der Waals surface area contributed by atoms with Crippen LogP contribution in [0.1, 0.15) is 18.4 Å². The van der Waals surface area contributed by atoms with Gasteiger partial charge in [-0.25, -0.2) is 18.7 Å². The number of aromatic nitrogens is 3. The van der Waals surface area contributed by atoms with Gasteiger partial charge in [0.05, 0.1) is 11.3 Å². The fraction of sp³-hybridized carbons (Fsp3) is 0.150. The van der Waals surface area contributed by atoms with Gasteiger partial charge in [-0.3, -0.25) is 5.32 Å². The second-order valence-electron chi connectivity index (χ2n) is 5.70. The molecule has 1 amide bonds. The molecule has 1 N–H and O–H groups in total. The fourth-order valence-corrected chi connectivity index (χ4v) is 2.53. The van der Waals surface area contributed by atoms with Crippen LogP contribution in [0, 0.1) is 38.4 Å². The zero-order valence-electron chi connectivity index (χ0n) is 16.4. The molecule has 9 heteroatoms. The second-order valence-corrected chi connectivity index (χ2v) is 5.70. The number of amides is 1. The van der Waals surface area contributed by atoms with Gasteiger partial charge in [0.25, 0.3) is 0 Å². The monoisotopic (exact) mass is 403 g/mol. The molecule has 0 radical (unpaired) electrons. The molecule has 0 atom stereocenters. The Bertz CT molecular complexity index is 1030. The Morgan fingerprint density at radius 1 is 1.31 bits per heavy atom. The molecule has 3 rings (SSSR count). The molecule has 0 fully saturated rings. The Kier molecular flexibility index (Phi) is 9.24. The van der Waals surface area contributed by atoms with E-state index in [9.17, 15) is 9.18 Å². The molecule has 0 unspecified atom stereocenters. The van der Waals surface area contributed by atoms with E-state index in [0.717, 1.165) is 0 Å². The smallest absolute Gasteiger partial charge is 0.451 e. The maximum Gasteiger partial charge on any atom is 1.00 e. The van der Waals surface area contributed by atoms with E-state index in [0.29, 0.717) is 35.4 Å². The Hall–Kier alpha value is -2.47. The number of halogens is 1. The minimum absolute atomic E-state index is 0. The SMILES string of the molecule is [CH2-]CC(C[CH2-])OC(=O)Nc1cc(-c2ccc(C#N)c(F)c2)n2ncnc2c1.[CH3-].[Na+]. The van der Waals surface area contributed by atoms with E-state index in [1.54, 1.807) is 24.3 Å². The summed E-state index contributed by atoms with van der Waals surface area (Å²) in [6.07, 6.45) is 1.15. The van der Waals surface area contributed by atoms with Gasteiger partial charge in [0.1, 0.15) is 18.2 Å². The van der Waals surface area contributed by atoms with Crippen LogP contribution < -0.4 is 34.9 Å². The van der Waals surface area contributed by atoms with E-state index >= 15 is 0 Å². The zero-order valence-corrected chi connectivity index (χ0v) is 18.4. The number of rotatable bonds is 5. The zero-order chi connectivity index (χ0) is 19.4. The third-order valence-corrected chi connectivity index (χ3v) is 3.93. The number of anilines is 1. The molecule has 2 heterocycles. The van der Waals surface area contributed by atoms with Crippen molar-refractivity contribution in [1.82, 2.24) is 14.6 Å². The number of hydrogen-bond donors (Lipinski definition) is 1. The molecule has 0 aliphatic carbocycles. The molecular formula is C20H19FN5NaO2-2. The topological polar surface area (TPSA) is 92.3 Å². The van der Waals surface area contributed by atoms with Gasteiger partial charge in [-0.2, -0.15) is 10.4 Å². The molecule has 146 valence electrons. The first kappa shape index (κ1) is 24.6. The molecular weight excluding hydrogens is 384 g/mol. The van der Waals surface area contributed by atoms with Crippen molar-refractivity contribution in [2.75, 3.05) is 5.32 Å². The number of carbonyl (C=O) groups is 1. The van der Waals surface area contributed by atoms with Crippen molar-refractivity contribution in [3.05, 3.63) is 69.3 Å². The summed E-state index contributed by atoms with van der Waals surface area (Å²) in [5.41, 5.74) is 1.78. The molecule has 29 heavy (non-hydrogen) atoms. The van der Waals surface area contributed by atoms with Crippen LogP contribution in [0.15, 0.2) is 36.7 Å². The van der Waals surface area contributed by atoms with Crippen LogP contribution in [-0.2, 0) is 4.74 Å². The Balaban J connectivity index is 0.00000210. The average Bonchev–Trinajstić information content (AvgIpc) is 3.13. The average molecular weight is 403 g/mol. The quantitative estimate of drug-likeness (QED) is 0.511. The largest absolute Gasteiger partial charge is 1.00 e. The standard InChI is InChI=1S/C19H16FN5O2.CH3.Na/c1-3-15(4-2)27-19(26)24-14-8-17(25-18(9-14)22-11-23-25)12-5-6-13(10-21)16(20)7-12;;/h5-9,11,15H,1-4H2,(H,24,26);1H3;/q-2;-1;+1. The van der Waals surface area contributed by atoms with Gasteiger partial charge in [0, 0.05) is 23.4 Å². The molecule has 0 saturated carbocycles. The molecule has 0 spiro atoms. The molecule has 7 nitrogen and oxygen atoms in total. The molecule has 0 aliphatic rings.